The van der Waals surface area contributed by atoms with Gasteiger partial charge in [0.15, 0.2) is 0 Å². The van der Waals surface area contributed by atoms with Crippen LogP contribution in [0.5, 0.6) is 0 Å². The molecule has 0 aromatic carbocycles. The molecule has 1 aliphatic rings. The minimum absolute atomic E-state index is 0.376. The van der Waals surface area contributed by atoms with Crippen LogP contribution in [0.1, 0.15) is 60.8 Å². The molecule has 4 atom stereocenters. The lowest BCUT2D eigenvalue weighted by atomic mass is 9.61. The molecule has 19 heavy (non-hydrogen) atoms. The first-order valence-corrected chi connectivity index (χ1v) is 8.30. The van der Waals surface area contributed by atoms with Crippen LogP contribution in [0, 0.1) is 23.2 Å². The fourth-order valence-electron chi connectivity index (χ4n) is 3.48. The quantitative estimate of drug-likeness (QED) is 0.795. The van der Waals surface area contributed by atoms with E-state index in [1.165, 1.54) is 38.9 Å². The summed E-state index contributed by atoms with van der Waals surface area (Å²) in [6.07, 6.45) is 3.79. The first-order valence-electron chi connectivity index (χ1n) is 8.30. The fourth-order valence-corrected chi connectivity index (χ4v) is 3.48. The van der Waals surface area contributed by atoms with Crippen molar-refractivity contribution in [3.63, 3.8) is 0 Å². The van der Waals surface area contributed by atoms with Crippen LogP contribution in [0.25, 0.3) is 0 Å². The van der Waals surface area contributed by atoms with Crippen LogP contribution in [0.4, 0.5) is 0 Å². The van der Waals surface area contributed by atoms with Crippen LogP contribution in [0.3, 0.4) is 0 Å². The van der Waals surface area contributed by atoms with E-state index in [2.05, 4.69) is 46.4 Å². The smallest absolute Gasteiger partial charge is 0.00698 e. The van der Waals surface area contributed by atoms with Crippen LogP contribution in [-0.4, -0.2) is 30.6 Å². The Morgan fingerprint density at radius 3 is 2.42 bits per heavy atom. The summed E-state index contributed by atoms with van der Waals surface area (Å²) in [5, 5.41) is 0. The molecule has 0 heterocycles. The molecule has 4 unspecified atom stereocenters. The highest BCUT2D eigenvalue weighted by Gasteiger charge is 2.41. The van der Waals surface area contributed by atoms with Gasteiger partial charge >= 0.3 is 0 Å². The molecule has 2 nitrogen and oxygen atoms in total. The van der Waals surface area contributed by atoms with E-state index in [1.54, 1.807) is 0 Å². The number of hydrogen-bond donors (Lipinski definition) is 1. The second-order valence-electron chi connectivity index (χ2n) is 7.41. The van der Waals surface area contributed by atoms with Gasteiger partial charge in [-0.15, -0.1) is 0 Å². The fraction of sp³-hybridized carbons (Fsp3) is 1.00. The van der Waals surface area contributed by atoms with Crippen molar-refractivity contribution in [2.24, 2.45) is 28.9 Å². The van der Waals surface area contributed by atoms with Gasteiger partial charge in [0, 0.05) is 19.1 Å². The molecule has 0 aromatic rings. The highest BCUT2D eigenvalue weighted by atomic mass is 15.1. The average molecular weight is 268 g/mol. The van der Waals surface area contributed by atoms with Gasteiger partial charge in [0.25, 0.3) is 0 Å². The van der Waals surface area contributed by atoms with Crippen molar-refractivity contribution >= 4 is 0 Å². The van der Waals surface area contributed by atoms with Crippen LogP contribution >= 0.6 is 0 Å². The first kappa shape index (κ1) is 17.0. The van der Waals surface area contributed by atoms with E-state index in [0.29, 0.717) is 17.4 Å². The Hall–Kier alpha value is -0.0800. The molecular weight excluding hydrogens is 232 g/mol. The molecule has 1 aliphatic carbocycles. The SMILES string of the molecule is CCC(C)CN(CC)CC1CCC(N)C(C)C1(C)C. The van der Waals surface area contributed by atoms with E-state index in [4.69, 9.17) is 5.73 Å². The zero-order valence-corrected chi connectivity index (χ0v) is 14.1. The first-order chi connectivity index (χ1) is 8.82. The van der Waals surface area contributed by atoms with Crippen molar-refractivity contribution in [2.75, 3.05) is 19.6 Å². The Morgan fingerprint density at radius 2 is 1.89 bits per heavy atom. The van der Waals surface area contributed by atoms with Crippen LogP contribution < -0.4 is 5.73 Å². The highest BCUT2D eigenvalue weighted by molar-refractivity contribution is 4.94. The van der Waals surface area contributed by atoms with Gasteiger partial charge in [-0.1, -0.05) is 48.0 Å². The molecule has 1 saturated carbocycles. The van der Waals surface area contributed by atoms with Gasteiger partial charge in [0.05, 0.1) is 0 Å². The molecule has 0 aliphatic heterocycles. The van der Waals surface area contributed by atoms with Crippen molar-refractivity contribution in [3.05, 3.63) is 0 Å². The largest absolute Gasteiger partial charge is 0.327 e. The Labute approximate surface area is 121 Å². The summed E-state index contributed by atoms with van der Waals surface area (Å²) in [5.41, 5.74) is 6.64. The van der Waals surface area contributed by atoms with Gasteiger partial charge in [0.2, 0.25) is 0 Å². The second kappa shape index (κ2) is 7.08. The maximum Gasteiger partial charge on any atom is 0.00698 e. The summed E-state index contributed by atoms with van der Waals surface area (Å²) in [6.45, 7) is 17.9. The molecule has 0 spiro atoms. The third-order valence-corrected chi connectivity index (χ3v) is 5.91. The normalized spacial score (nSPS) is 32.5. The van der Waals surface area contributed by atoms with Gasteiger partial charge in [-0.05, 0) is 42.6 Å². The predicted octanol–water partition coefficient (Wildman–Crippen LogP) is 3.75. The molecule has 114 valence electrons. The summed E-state index contributed by atoms with van der Waals surface area (Å²) in [6, 6.07) is 0.399. The predicted molar refractivity (Wildman–Crippen MR) is 85.2 cm³/mol. The molecule has 0 radical (unpaired) electrons. The minimum atomic E-state index is 0.376. The topological polar surface area (TPSA) is 29.3 Å². The lowest BCUT2D eigenvalue weighted by Crippen LogP contribution is -2.50. The molecule has 1 fully saturated rings. The van der Waals surface area contributed by atoms with E-state index in [0.717, 1.165) is 11.8 Å². The molecular formula is C17H36N2. The van der Waals surface area contributed by atoms with Crippen molar-refractivity contribution in [2.45, 2.75) is 66.8 Å². The van der Waals surface area contributed by atoms with E-state index in [-0.39, 0.29) is 0 Å². The summed E-state index contributed by atoms with van der Waals surface area (Å²) in [7, 11) is 0. The Balaban J connectivity index is 2.63. The number of nitrogens with two attached hydrogens (primary N) is 1. The van der Waals surface area contributed by atoms with Crippen LogP contribution in [-0.2, 0) is 0 Å². The zero-order chi connectivity index (χ0) is 14.6. The van der Waals surface area contributed by atoms with Crippen LogP contribution in [0.15, 0.2) is 0 Å². The van der Waals surface area contributed by atoms with Crippen LogP contribution in [0.2, 0.25) is 0 Å². The molecule has 0 aromatic heterocycles. The van der Waals surface area contributed by atoms with Gasteiger partial charge in [-0.2, -0.15) is 0 Å². The monoisotopic (exact) mass is 268 g/mol. The summed E-state index contributed by atoms with van der Waals surface area (Å²) in [4.78, 5) is 2.66. The molecule has 2 N–H and O–H groups in total. The third-order valence-electron chi connectivity index (χ3n) is 5.91. The summed E-state index contributed by atoms with van der Waals surface area (Å²) in [5.74, 6) is 2.24. The van der Waals surface area contributed by atoms with Crippen molar-refractivity contribution in [1.29, 1.82) is 0 Å². The number of hydrogen-bond acceptors (Lipinski definition) is 2. The number of nitrogens with zero attached hydrogens (tertiary/aromatic N) is 1. The lowest BCUT2D eigenvalue weighted by Gasteiger charge is -2.48. The Bertz CT molecular complexity index is 262. The Kier molecular flexibility index (Phi) is 6.32. The van der Waals surface area contributed by atoms with Gasteiger partial charge in [-0.3, -0.25) is 0 Å². The van der Waals surface area contributed by atoms with E-state index < -0.39 is 0 Å². The van der Waals surface area contributed by atoms with Gasteiger partial charge < -0.3 is 10.6 Å². The van der Waals surface area contributed by atoms with E-state index in [1.807, 2.05) is 0 Å². The van der Waals surface area contributed by atoms with E-state index in [9.17, 15) is 0 Å². The van der Waals surface area contributed by atoms with Gasteiger partial charge in [-0.25, -0.2) is 0 Å². The number of rotatable bonds is 6. The third kappa shape index (κ3) is 4.19. The maximum absolute atomic E-state index is 6.27. The average Bonchev–Trinajstić information content (AvgIpc) is 2.38. The molecule has 0 amide bonds. The second-order valence-corrected chi connectivity index (χ2v) is 7.41. The standard InChI is InChI=1S/C17H36N2/c1-7-13(3)11-19(8-2)12-15-9-10-16(18)14(4)17(15,5)6/h13-16H,7-12,18H2,1-6H3. The molecule has 0 bridgehead atoms. The van der Waals surface area contributed by atoms with Crippen molar-refractivity contribution in [1.82, 2.24) is 4.90 Å². The Morgan fingerprint density at radius 1 is 1.26 bits per heavy atom. The van der Waals surface area contributed by atoms with Gasteiger partial charge in [0.1, 0.15) is 0 Å². The summed E-state index contributed by atoms with van der Waals surface area (Å²) < 4.78 is 0. The van der Waals surface area contributed by atoms with Crippen molar-refractivity contribution < 1.29 is 0 Å². The highest BCUT2D eigenvalue weighted by Crippen LogP contribution is 2.44. The molecule has 2 heteroatoms. The molecule has 1 rings (SSSR count). The summed E-state index contributed by atoms with van der Waals surface area (Å²) >= 11 is 0. The lowest BCUT2D eigenvalue weighted by molar-refractivity contribution is 0.0269. The van der Waals surface area contributed by atoms with E-state index >= 15 is 0 Å². The maximum atomic E-state index is 6.27. The molecule has 0 saturated heterocycles. The van der Waals surface area contributed by atoms with Crippen molar-refractivity contribution in [3.8, 4) is 0 Å². The zero-order valence-electron chi connectivity index (χ0n) is 14.1. The minimum Gasteiger partial charge on any atom is -0.327 e.